The minimum Gasteiger partial charge on any atom is -0.247 e. The Bertz CT molecular complexity index is 3280. The molecule has 11 rings (SSSR count). The average molecular weight is 796 g/mol. The molecule has 0 fully saturated rings. The number of fused-ring (bicyclic) bond motifs is 3. The molecule has 0 bridgehead atoms. The van der Waals surface area contributed by atoms with Crippen molar-refractivity contribution in [2.45, 2.75) is 0 Å². The first-order chi connectivity index (χ1) is 30.2. The van der Waals surface area contributed by atoms with E-state index < -0.39 is 0 Å². The molecule has 8 aromatic carbocycles. The summed E-state index contributed by atoms with van der Waals surface area (Å²) in [6.45, 7) is 0. The van der Waals surface area contributed by atoms with Gasteiger partial charge in [-0.05, 0) is 63.7 Å². The molecule has 0 saturated heterocycles. The van der Waals surface area contributed by atoms with Gasteiger partial charge in [0.1, 0.15) is 0 Å². The van der Waals surface area contributed by atoms with Gasteiger partial charge in [0, 0.05) is 48.2 Å². The first-order valence-corrected chi connectivity index (χ1v) is 21.3. The van der Waals surface area contributed by atoms with E-state index in [9.17, 15) is 0 Å². The highest BCUT2D eigenvalue weighted by molar-refractivity contribution is 7.24. The SMILES string of the molecule is c1ccc(-c2cccc(-c3sc4c(c(-c5ccccc5)nc5ccccc54)c3-c3cccc(-c4cccc(-c5cc(-c6ccccc6)nc(-c6ccccc6)n5)c4)c3)c2)cc1. The van der Waals surface area contributed by atoms with Gasteiger partial charge in [0.15, 0.2) is 5.82 Å². The van der Waals surface area contributed by atoms with Gasteiger partial charge in [-0.1, -0.05) is 194 Å². The summed E-state index contributed by atoms with van der Waals surface area (Å²) in [5.41, 5.74) is 16.0. The van der Waals surface area contributed by atoms with Crippen LogP contribution in [0.2, 0.25) is 0 Å². The fraction of sp³-hybridized carbons (Fsp3) is 0. The minimum absolute atomic E-state index is 0.702. The molecule has 0 atom stereocenters. The van der Waals surface area contributed by atoms with Crippen molar-refractivity contribution in [1.82, 2.24) is 15.0 Å². The monoisotopic (exact) mass is 795 g/mol. The largest absolute Gasteiger partial charge is 0.247 e. The Balaban J connectivity index is 1.10. The Morgan fingerprint density at radius 3 is 1.44 bits per heavy atom. The van der Waals surface area contributed by atoms with Crippen molar-refractivity contribution >= 4 is 32.3 Å². The summed E-state index contributed by atoms with van der Waals surface area (Å²) in [4.78, 5) is 16.8. The van der Waals surface area contributed by atoms with E-state index in [1.807, 2.05) is 35.6 Å². The highest BCUT2D eigenvalue weighted by atomic mass is 32.1. The van der Waals surface area contributed by atoms with Crippen molar-refractivity contribution in [2.24, 2.45) is 0 Å². The Labute approximate surface area is 359 Å². The molecule has 0 radical (unpaired) electrons. The number of thiophene rings is 1. The zero-order chi connectivity index (χ0) is 40.5. The molecule has 0 N–H and O–H groups in total. The van der Waals surface area contributed by atoms with E-state index in [0.29, 0.717) is 5.82 Å². The lowest BCUT2D eigenvalue weighted by atomic mass is 9.92. The normalized spacial score (nSPS) is 11.3. The predicted molar refractivity (Wildman–Crippen MR) is 256 cm³/mol. The number of nitrogens with zero attached hydrogens (tertiary/aromatic N) is 3. The van der Waals surface area contributed by atoms with Crippen molar-refractivity contribution in [2.75, 3.05) is 0 Å². The maximum Gasteiger partial charge on any atom is 0.160 e. The summed E-state index contributed by atoms with van der Waals surface area (Å²) in [5.74, 6) is 0.702. The van der Waals surface area contributed by atoms with E-state index in [1.54, 1.807) is 0 Å². The van der Waals surface area contributed by atoms with Crippen molar-refractivity contribution in [3.63, 3.8) is 0 Å². The summed E-state index contributed by atoms with van der Waals surface area (Å²) in [7, 11) is 0. The van der Waals surface area contributed by atoms with Gasteiger partial charge in [-0.15, -0.1) is 11.3 Å². The van der Waals surface area contributed by atoms with E-state index in [-0.39, 0.29) is 0 Å². The lowest BCUT2D eigenvalue weighted by Gasteiger charge is -2.13. The third-order valence-corrected chi connectivity index (χ3v) is 12.5. The second-order valence-electron chi connectivity index (χ2n) is 15.2. The molecule has 286 valence electrons. The highest BCUT2D eigenvalue weighted by Gasteiger charge is 2.23. The molecule has 0 aliphatic rings. The maximum absolute atomic E-state index is 5.41. The Morgan fingerprint density at radius 2 is 0.770 bits per heavy atom. The molecule has 3 heterocycles. The molecule has 4 heteroatoms. The summed E-state index contributed by atoms with van der Waals surface area (Å²) >= 11 is 1.86. The van der Waals surface area contributed by atoms with Crippen LogP contribution in [-0.2, 0) is 0 Å². The topological polar surface area (TPSA) is 38.7 Å². The van der Waals surface area contributed by atoms with Crippen LogP contribution in [0.15, 0.2) is 224 Å². The van der Waals surface area contributed by atoms with Crippen LogP contribution in [0.3, 0.4) is 0 Å². The molecular formula is C57H37N3S. The van der Waals surface area contributed by atoms with Crippen molar-refractivity contribution in [1.29, 1.82) is 0 Å². The summed E-state index contributed by atoms with van der Waals surface area (Å²) in [6, 6.07) is 79.2. The second kappa shape index (κ2) is 15.8. The minimum atomic E-state index is 0.702. The first-order valence-electron chi connectivity index (χ1n) is 20.5. The molecule has 0 unspecified atom stereocenters. The zero-order valence-corrected chi connectivity index (χ0v) is 33.9. The van der Waals surface area contributed by atoms with Crippen LogP contribution >= 0.6 is 11.3 Å². The quantitative estimate of drug-likeness (QED) is 0.154. The van der Waals surface area contributed by atoms with Crippen LogP contribution in [0, 0.1) is 0 Å². The Kier molecular flexibility index (Phi) is 9.38. The van der Waals surface area contributed by atoms with Gasteiger partial charge < -0.3 is 0 Å². The van der Waals surface area contributed by atoms with E-state index in [2.05, 4.69) is 200 Å². The summed E-state index contributed by atoms with van der Waals surface area (Å²) in [6.07, 6.45) is 0. The van der Waals surface area contributed by atoms with Gasteiger partial charge in [0.05, 0.1) is 22.6 Å². The molecule has 3 aromatic heterocycles. The number of hydrogen-bond donors (Lipinski definition) is 0. The smallest absolute Gasteiger partial charge is 0.160 e. The van der Waals surface area contributed by atoms with Gasteiger partial charge >= 0.3 is 0 Å². The Morgan fingerprint density at radius 1 is 0.311 bits per heavy atom. The van der Waals surface area contributed by atoms with Crippen LogP contribution < -0.4 is 0 Å². The molecule has 11 aromatic rings. The number of pyridine rings is 1. The second-order valence-corrected chi connectivity index (χ2v) is 16.2. The predicted octanol–water partition coefficient (Wildman–Crippen LogP) is 15.6. The van der Waals surface area contributed by atoms with Gasteiger partial charge in [-0.25, -0.2) is 15.0 Å². The Hall–Kier alpha value is -7.79. The lowest BCUT2D eigenvalue weighted by Crippen LogP contribution is -1.96. The molecule has 0 saturated carbocycles. The maximum atomic E-state index is 5.41. The van der Waals surface area contributed by atoms with Crippen LogP contribution in [0.5, 0.6) is 0 Å². The van der Waals surface area contributed by atoms with Crippen LogP contribution in [0.4, 0.5) is 0 Å². The number of benzene rings is 8. The van der Waals surface area contributed by atoms with Gasteiger partial charge in [0.25, 0.3) is 0 Å². The molecule has 3 nitrogen and oxygen atoms in total. The van der Waals surface area contributed by atoms with Crippen molar-refractivity contribution in [3.8, 4) is 89.0 Å². The number of hydrogen-bond acceptors (Lipinski definition) is 4. The van der Waals surface area contributed by atoms with Crippen LogP contribution in [0.1, 0.15) is 0 Å². The van der Waals surface area contributed by atoms with E-state index in [1.165, 1.54) is 37.2 Å². The third kappa shape index (κ3) is 6.99. The first kappa shape index (κ1) is 36.3. The van der Waals surface area contributed by atoms with Gasteiger partial charge in [-0.2, -0.15) is 0 Å². The lowest BCUT2D eigenvalue weighted by molar-refractivity contribution is 1.18. The van der Waals surface area contributed by atoms with Crippen LogP contribution in [0.25, 0.3) is 110 Å². The van der Waals surface area contributed by atoms with E-state index in [4.69, 9.17) is 15.0 Å². The average Bonchev–Trinajstić information content (AvgIpc) is 3.76. The number of rotatable bonds is 8. The van der Waals surface area contributed by atoms with Gasteiger partial charge in [-0.3, -0.25) is 0 Å². The highest BCUT2D eigenvalue weighted by Crippen LogP contribution is 2.51. The molecule has 0 aliphatic heterocycles. The van der Waals surface area contributed by atoms with E-state index in [0.717, 1.165) is 66.9 Å². The molecule has 0 amide bonds. The number of para-hydroxylation sites is 1. The standard InChI is InChI=1S/C57H37N3S/c1-5-18-38(19-6-1)42-26-17-31-47(36-42)55-52(53-54(40-22-9-3-10-23-40)58-49-33-14-13-32-48(49)56(53)61-55)46-30-16-28-44(35-46)43-27-15-29-45(34-43)51-37-50(39-20-7-2-8-21-39)59-57(60-51)41-24-11-4-12-25-41/h1-37H. The third-order valence-electron chi connectivity index (χ3n) is 11.3. The summed E-state index contributed by atoms with van der Waals surface area (Å²) in [5, 5.41) is 2.33. The molecular weight excluding hydrogens is 759 g/mol. The molecule has 61 heavy (non-hydrogen) atoms. The molecule has 0 aliphatic carbocycles. The zero-order valence-electron chi connectivity index (χ0n) is 33.1. The van der Waals surface area contributed by atoms with Crippen molar-refractivity contribution < 1.29 is 0 Å². The fourth-order valence-electron chi connectivity index (χ4n) is 8.32. The van der Waals surface area contributed by atoms with E-state index >= 15 is 0 Å². The number of aromatic nitrogens is 3. The molecule has 0 spiro atoms. The van der Waals surface area contributed by atoms with Crippen LogP contribution in [-0.4, -0.2) is 15.0 Å². The summed E-state index contributed by atoms with van der Waals surface area (Å²) < 4.78 is 1.24. The fourth-order valence-corrected chi connectivity index (χ4v) is 9.68. The van der Waals surface area contributed by atoms with Crippen molar-refractivity contribution in [3.05, 3.63) is 224 Å². The van der Waals surface area contributed by atoms with Gasteiger partial charge in [0.2, 0.25) is 0 Å².